The van der Waals surface area contributed by atoms with Gasteiger partial charge >= 0.3 is 0 Å². The number of halogens is 2. The molecule has 0 amide bonds. The molecule has 0 unspecified atom stereocenters. The van der Waals surface area contributed by atoms with Crippen molar-refractivity contribution in [3.63, 3.8) is 0 Å². The fourth-order valence-corrected chi connectivity index (χ4v) is 1.91. The summed E-state index contributed by atoms with van der Waals surface area (Å²) in [6.07, 6.45) is 3.99. The van der Waals surface area contributed by atoms with Gasteiger partial charge in [-0.3, -0.25) is 4.79 Å². The number of hydrogen-bond donors (Lipinski definition) is 0. The van der Waals surface area contributed by atoms with Crippen LogP contribution in [0.1, 0.15) is 22.3 Å². The highest BCUT2D eigenvalue weighted by atomic mass is 35.5. The van der Waals surface area contributed by atoms with Gasteiger partial charge in [-0.1, -0.05) is 18.2 Å². The lowest BCUT2D eigenvalue weighted by molar-refractivity contribution is 0.104. The number of alkyl halides is 1. The Hall–Kier alpha value is -2.13. The summed E-state index contributed by atoms with van der Waals surface area (Å²) >= 11 is 5.58. The molecule has 2 aromatic carbocycles. The summed E-state index contributed by atoms with van der Waals surface area (Å²) in [5, 5.41) is 0. The van der Waals surface area contributed by atoms with Crippen LogP contribution >= 0.6 is 11.6 Å². The molecular formula is C18H16ClFO2. The largest absolute Gasteiger partial charge is 0.494 e. The molecule has 0 saturated carbocycles. The van der Waals surface area contributed by atoms with E-state index in [9.17, 15) is 9.18 Å². The lowest BCUT2D eigenvalue weighted by Gasteiger charge is -2.04. The molecule has 0 bridgehead atoms. The Morgan fingerprint density at radius 2 is 1.77 bits per heavy atom. The van der Waals surface area contributed by atoms with Crippen molar-refractivity contribution < 1.29 is 13.9 Å². The summed E-state index contributed by atoms with van der Waals surface area (Å²) in [7, 11) is 0. The van der Waals surface area contributed by atoms with Gasteiger partial charge in [-0.15, -0.1) is 11.6 Å². The number of carbonyl (C=O) groups excluding carboxylic acids is 1. The molecule has 0 radical (unpaired) electrons. The molecule has 0 N–H and O–H groups in total. The first-order valence-electron chi connectivity index (χ1n) is 6.96. The van der Waals surface area contributed by atoms with Crippen molar-refractivity contribution in [2.45, 2.75) is 6.42 Å². The number of allylic oxidation sites excluding steroid dienone is 1. The molecule has 114 valence electrons. The SMILES string of the molecule is O=C(C=Cc1ccc(OCCCCl)cc1)c1ccc(F)cc1. The second-order valence-corrected chi connectivity index (χ2v) is 5.04. The van der Waals surface area contributed by atoms with Gasteiger partial charge in [0.15, 0.2) is 5.78 Å². The molecule has 0 saturated heterocycles. The van der Waals surface area contributed by atoms with E-state index < -0.39 is 0 Å². The molecule has 2 rings (SSSR count). The first-order valence-corrected chi connectivity index (χ1v) is 7.49. The maximum absolute atomic E-state index is 12.8. The summed E-state index contributed by atoms with van der Waals surface area (Å²) in [5.41, 5.74) is 1.35. The van der Waals surface area contributed by atoms with Crippen molar-refractivity contribution in [3.05, 3.63) is 71.6 Å². The predicted octanol–water partition coefficient (Wildman–Crippen LogP) is 4.73. The van der Waals surface area contributed by atoms with Gasteiger partial charge in [0.05, 0.1) is 6.61 Å². The van der Waals surface area contributed by atoms with Crippen LogP contribution in [0.15, 0.2) is 54.6 Å². The maximum atomic E-state index is 12.8. The molecule has 0 aliphatic carbocycles. The van der Waals surface area contributed by atoms with Crippen molar-refractivity contribution >= 4 is 23.5 Å². The molecule has 22 heavy (non-hydrogen) atoms. The third-order valence-corrected chi connectivity index (χ3v) is 3.25. The normalized spacial score (nSPS) is 10.8. The lowest BCUT2D eigenvalue weighted by Crippen LogP contribution is -1.97. The van der Waals surface area contributed by atoms with Crippen molar-refractivity contribution in [2.75, 3.05) is 12.5 Å². The van der Waals surface area contributed by atoms with Crippen molar-refractivity contribution in [1.29, 1.82) is 0 Å². The second-order valence-electron chi connectivity index (χ2n) is 4.66. The number of carbonyl (C=O) groups is 1. The van der Waals surface area contributed by atoms with Gasteiger partial charge in [-0.05, 0) is 54.5 Å². The fourth-order valence-electron chi connectivity index (χ4n) is 1.80. The van der Waals surface area contributed by atoms with Gasteiger partial charge in [-0.25, -0.2) is 4.39 Å². The summed E-state index contributed by atoms with van der Waals surface area (Å²) in [6, 6.07) is 12.9. The zero-order chi connectivity index (χ0) is 15.8. The minimum Gasteiger partial charge on any atom is -0.494 e. The molecule has 4 heteroatoms. The molecule has 0 aliphatic rings. The Morgan fingerprint density at radius 1 is 1.09 bits per heavy atom. The van der Waals surface area contributed by atoms with Crippen molar-refractivity contribution in [2.24, 2.45) is 0 Å². The minimum absolute atomic E-state index is 0.164. The molecule has 2 aromatic rings. The molecule has 0 fully saturated rings. The van der Waals surface area contributed by atoms with Crippen LogP contribution in [0.3, 0.4) is 0 Å². The first-order chi connectivity index (χ1) is 10.7. The second kappa shape index (κ2) is 8.35. The molecule has 0 atom stereocenters. The third kappa shape index (κ3) is 5.01. The third-order valence-electron chi connectivity index (χ3n) is 2.98. The van der Waals surface area contributed by atoms with Gasteiger partial charge in [0.1, 0.15) is 11.6 Å². The van der Waals surface area contributed by atoms with E-state index >= 15 is 0 Å². The van der Waals surface area contributed by atoms with Gasteiger partial charge < -0.3 is 4.74 Å². The molecular weight excluding hydrogens is 303 g/mol. The van der Waals surface area contributed by atoms with Crippen LogP contribution in [0.25, 0.3) is 6.08 Å². The van der Waals surface area contributed by atoms with Crippen LogP contribution in [-0.4, -0.2) is 18.3 Å². The Bertz CT molecular complexity index is 633. The van der Waals surface area contributed by atoms with E-state index in [0.29, 0.717) is 18.1 Å². The molecule has 0 spiro atoms. The van der Waals surface area contributed by atoms with E-state index in [2.05, 4.69) is 0 Å². The van der Waals surface area contributed by atoms with E-state index in [1.807, 2.05) is 24.3 Å². The average molecular weight is 319 g/mol. The predicted molar refractivity (Wildman–Crippen MR) is 87.0 cm³/mol. The topological polar surface area (TPSA) is 26.3 Å². The first kappa shape index (κ1) is 16.2. The summed E-state index contributed by atoms with van der Waals surface area (Å²) in [6.45, 7) is 0.585. The van der Waals surface area contributed by atoms with Crippen LogP contribution < -0.4 is 4.74 Å². The molecule has 0 heterocycles. The zero-order valence-corrected chi connectivity index (χ0v) is 12.7. The van der Waals surface area contributed by atoms with E-state index in [1.54, 1.807) is 6.08 Å². The van der Waals surface area contributed by atoms with Gasteiger partial charge in [-0.2, -0.15) is 0 Å². The highest BCUT2D eigenvalue weighted by Gasteiger charge is 2.01. The molecule has 0 aliphatic heterocycles. The zero-order valence-electron chi connectivity index (χ0n) is 12.0. The number of ether oxygens (including phenoxy) is 1. The highest BCUT2D eigenvalue weighted by Crippen LogP contribution is 2.14. The van der Waals surface area contributed by atoms with E-state index in [1.165, 1.54) is 30.3 Å². The van der Waals surface area contributed by atoms with Gasteiger partial charge in [0.25, 0.3) is 0 Å². The van der Waals surface area contributed by atoms with E-state index in [4.69, 9.17) is 16.3 Å². The van der Waals surface area contributed by atoms with Gasteiger partial charge in [0.2, 0.25) is 0 Å². The number of benzene rings is 2. The van der Waals surface area contributed by atoms with Crippen molar-refractivity contribution in [1.82, 2.24) is 0 Å². The average Bonchev–Trinajstić information content (AvgIpc) is 2.55. The Kier molecular flexibility index (Phi) is 6.16. The Morgan fingerprint density at radius 3 is 2.41 bits per heavy atom. The fraction of sp³-hybridized carbons (Fsp3) is 0.167. The summed E-state index contributed by atoms with van der Waals surface area (Å²) < 4.78 is 18.3. The molecule has 2 nitrogen and oxygen atoms in total. The maximum Gasteiger partial charge on any atom is 0.185 e. The quantitative estimate of drug-likeness (QED) is 0.319. The standard InChI is InChI=1S/C18H16ClFO2/c19-12-1-13-22-17-9-2-14(3-10-17)4-11-18(21)15-5-7-16(20)8-6-15/h2-11H,1,12-13H2. The van der Waals surface area contributed by atoms with Gasteiger partial charge in [0, 0.05) is 11.4 Å². The molecule has 0 aromatic heterocycles. The van der Waals surface area contributed by atoms with Crippen LogP contribution in [0.4, 0.5) is 4.39 Å². The van der Waals surface area contributed by atoms with Crippen LogP contribution in [0.2, 0.25) is 0 Å². The lowest BCUT2D eigenvalue weighted by atomic mass is 10.1. The van der Waals surface area contributed by atoms with E-state index in [-0.39, 0.29) is 11.6 Å². The number of ketones is 1. The number of rotatable bonds is 7. The Balaban J connectivity index is 1.95. The summed E-state index contributed by atoms with van der Waals surface area (Å²) in [5.74, 6) is 0.826. The van der Waals surface area contributed by atoms with Crippen LogP contribution in [0.5, 0.6) is 5.75 Å². The van der Waals surface area contributed by atoms with Crippen LogP contribution in [0, 0.1) is 5.82 Å². The number of hydrogen-bond acceptors (Lipinski definition) is 2. The monoisotopic (exact) mass is 318 g/mol. The van der Waals surface area contributed by atoms with Crippen molar-refractivity contribution in [3.8, 4) is 5.75 Å². The highest BCUT2D eigenvalue weighted by molar-refractivity contribution is 6.17. The minimum atomic E-state index is -0.356. The van der Waals surface area contributed by atoms with E-state index in [0.717, 1.165) is 17.7 Å². The Labute approximate surface area is 134 Å². The summed E-state index contributed by atoms with van der Waals surface area (Å²) in [4.78, 5) is 11.9. The smallest absolute Gasteiger partial charge is 0.185 e. The van der Waals surface area contributed by atoms with Crippen LogP contribution in [-0.2, 0) is 0 Å².